The maximum atomic E-state index is 2.40. The summed E-state index contributed by atoms with van der Waals surface area (Å²) in [6, 6.07) is 20.3. The zero-order valence-corrected chi connectivity index (χ0v) is 17.9. The van der Waals surface area contributed by atoms with Crippen LogP contribution in [0.25, 0.3) is 31.3 Å². The van der Waals surface area contributed by atoms with Crippen molar-refractivity contribution < 1.29 is 0 Å². The molecule has 0 amide bonds. The molecule has 0 nitrogen and oxygen atoms in total. The summed E-state index contributed by atoms with van der Waals surface area (Å²) in [5.74, 6) is 0. The highest BCUT2D eigenvalue weighted by atomic mass is 127. The first-order chi connectivity index (χ1) is 11.6. The smallest absolute Gasteiger partial charge is 0.0660 e. The number of aryl methyl sites for hydroxylation is 2. The summed E-state index contributed by atoms with van der Waals surface area (Å²) in [6.07, 6.45) is 0. The summed E-state index contributed by atoms with van der Waals surface area (Å²) in [5, 5.41) is 0. The Morgan fingerprint density at radius 1 is 0.583 bits per heavy atom. The average molecular weight is 478 g/mol. The Hall–Kier alpha value is -0.950. The molecule has 4 heteroatoms. The van der Waals surface area contributed by atoms with Crippen molar-refractivity contribution in [1.82, 2.24) is 0 Å². The fourth-order valence-corrected chi connectivity index (χ4v) is 6.02. The van der Waals surface area contributed by atoms with E-state index in [4.69, 9.17) is 0 Å². The van der Waals surface area contributed by atoms with Crippen molar-refractivity contribution in [2.45, 2.75) is 13.8 Å². The second-order valence-corrected chi connectivity index (χ2v) is 11.3. The summed E-state index contributed by atoms with van der Waals surface area (Å²) in [4.78, 5) is 6.73. The van der Waals surface area contributed by atoms with Gasteiger partial charge in [-0.1, -0.05) is 0 Å². The third kappa shape index (κ3) is 3.38. The van der Waals surface area contributed by atoms with E-state index in [2.05, 4.69) is 91.0 Å². The van der Waals surface area contributed by atoms with Crippen LogP contribution in [0.15, 0.2) is 54.6 Å². The summed E-state index contributed by atoms with van der Waals surface area (Å²) < 4.78 is 1.33. The highest BCUT2D eigenvalue weighted by molar-refractivity contribution is 14.1. The molecule has 0 aliphatic heterocycles. The largest absolute Gasteiger partial charge is 0.141 e. The Bertz CT molecular complexity index is 862. The molecule has 0 aliphatic carbocycles. The topological polar surface area (TPSA) is 0 Å². The lowest BCUT2D eigenvalue weighted by molar-refractivity contribution is 1.64. The van der Waals surface area contributed by atoms with Crippen molar-refractivity contribution in [2.24, 2.45) is 0 Å². The van der Waals surface area contributed by atoms with Gasteiger partial charge in [-0.3, -0.25) is 0 Å². The Balaban J connectivity index is 1.90. The van der Waals surface area contributed by atoms with Crippen LogP contribution in [-0.4, -0.2) is 0 Å². The molecule has 0 aliphatic rings. The van der Waals surface area contributed by atoms with E-state index >= 15 is 0 Å². The summed E-state index contributed by atoms with van der Waals surface area (Å²) in [5.41, 5.74) is 3.94. The second-order valence-electron chi connectivity index (χ2n) is 5.72. The van der Waals surface area contributed by atoms with Crippen LogP contribution in [0, 0.1) is 16.7 Å². The molecule has 0 saturated heterocycles. The van der Waals surface area contributed by atoms with Gasteiger partial charge in [-0.05, 0) is 108 Å². The highest BCUT2D eigenvalue weighted by Gasteiger charge is 2.11. The Labute approximate surface area is 168 Å². The van der Waals surface area contributed by atoms with Crippen LogP contribution in [0.4, 0.5) is 0 Å². The molecule has 4 rings (SSSR count). The molecule has 24 heavy (non-hydrogen) atoms. The van der Waals surface area contributed by atoms with Crippen molar-refractivity contribution in [3.05, 3.63) is 67.2 Å². The highest BCUT2D eigenvalue weighted by Crippen LogP contribution is 2.39. The zero-order valence-electron chi connectivity index (χ0n) is 13.3. The van der Waals surface area contributed by atoms with Gasteiger partial charge in [0.05, 0.1) is 2.88 Å². The van der Waals surface area contributed by atoms with Crippen LogP contribution in [0.3, 0.4) is 0 Å². The van der Waals surface area contributed by atoms with E-state index in [9.17, 15) is 0 Å². The van der Waals surface area contributed by atoms with Gasteiger partial charge in [0, 0.05) is 24.4 Å². The van der Waals surface area contributed by atoms with Crippen LogP contribution in [0.1, 0.15) is 9.75 Å². The van der Waals surface area contributed by atoms with Crippen LogP contribution in [0.2, 0.25) is 0 Å². The fourth-order valence-electron chi connectivity index (χ4n) is 2.70. The van der Waals surface area contributed by atoms with Gasteiger partial charge < -0.3 is 0 Å². The van der Waals surface area contributed by atoms with E-state index in [1.165, 1.54) is 44.0 Å². The van der Waals surface area contributed by atoms with Crippen LogP contribution in [0.5, 0.6) is 0 Å². The standard InChI is InChI=1S/C20H15IS3/c1-12-3-5-17(22-12)14-9-15(18-6-4-13(2)23-18)11-16(10-14)19-7-8-20(21)24-19/h3-11H,1-2H3. The van der Waals surface area contributed by atoms with E-state index in [1.54, 1.807) is 0 Å². The molecule has 0 fully saturated rings. The maximum Gasteiger partial charge on any atom is 0.0660 e. The predicted molar refractivity (Wildman–Crippen MR) is 119 cm³/mol. The van der Waals surface area contributed by atoms with E-state index in [0.717, 1.165) is 0 Å². The SMILES string of the molecule is Cc1ccc(-c2cc(-c3ccc(C)s3)cc(-c3ccc(I)s3)c2)s1. The zero-order chi connectivity index (χ0) is 16.7. The molecule has 0 saturated carbocycles. The fraction of sp³-hybridized carbons (Fsp3) is 0.100. The third-order valence-corrected chi connectivity index (χ3v) is 7.88. The molecule has 0 N–H and O–H groups in total. The van der Waals surface area contributed by atoms with Gasteiger partial charge in [0.2, 0.25) is 0 Å². The van der Waals surface area contributed by atoms with Crippen molar-refractivity contribution in [3.63, 3.8) is 0 Å². The Kier molecular flexibility index (Phi) is 4.64. The summed E-state index contributed by atoms with van der Waals surface area (Å²) in [6.45, 7) is 4.34. The predicted octanol–water partition coefficient (Wildman–Crippen LogP) is 8.09. The lowest BCUT2D eigenvalue weighted by Gasteiger charge is -2.07. The van der Waals surface area contributed by atoms with E-state index in [-0.39, 0.29) is 0 Å². The quantitative estimate of drug-likeness (QED) is 0.261. The normalized spacial score (nSPS) is 11.1. The molecule has 0 bridgehead atoms. The number of rotatable bonds is 3. The molecule has 0 spiro atoms. The van der Waals surface area contributed by atoms with Crippen LogP contribution >= 0.6 is 56.6 Å². The first-order valence-electron chi connectivity index (χ1n) is 7.63. The van der Waals surface area contributed by atoms with Gasteiger partial charge in [0.15, 0.2) is 0 Å². The number of benzene rings is 1. The molecular formula is C20H15IS3. The maximum absolute atomic E-state index is 2.40. The minimum Gasteiger partial charge on any atom is -0.141 e. The van der Waals surface area contributed by atoms with Gasteiger partial charge in [0.25, 0.3) is 0 Å². The van der Waals surface area contributed by atoms with Crippen molar-refractivity contribution >= 4 is 56.6 Å². The van der Waals surface area contributed by atoms with Gasteiger partial charge in [-0.25, -0.2) is 0 Å². The minimum absolute atomic E-state index is 1.31. The van der Waals surface area contributed by atoms with Crippen molar-refractivity contribution in [1.29, 1.82) is 0 Å². The van der Waals surface area contributed by atoms with Crippen LogP contribution in [-0.2, 0) is 0 Å². The first-order valence-corrected chi connectivity index (χ1v) is 11.2. The van der Waals surface area contributed by atoms with E-state index < -0.39 is 0 Å². The van der Waals surface area contributed by atoms with Crippen LogP contribution < -0.4 is 0 Å². The molecular weight excluding hydrogens is 463 g/mol. The molecule has 4 aromatic rings. The van der Waals surface area contributed by atoms with E-state index in [1.807, 2.05) is 34.0 Å². The molecule has 120 valence electrons. The van der Waals surface area contributed by atoms with Gasteiger partial charge in [-0.2, -0.15) is 0 Å². The second kappa shape index (κ2) is 6.75. The Morgan fingerprint density at radius 3 is 1.33 bits per heavy atom. The molecule has 3 heterocycles. The lowest BCUT2D eigenvalue weighted by atomic mass is 10.0. The third-order valence-electron chi connectivity index (χ3n) is 3.84. The molecule has 1 aromatic carbocycles. The van der Waals surface area contributed by atoms with Gasteiger partial charge in [0.1, 0.15) is 0 Å². The molecule has 0 unspecified atom stereocenters. The number of hydrogen-bond acceptors (Lipinski definition) is 3. The average Bonchev–Trinajstić information content (AvgIpc) is 3.28. The van der Waals surface area contributed by atoms with Gasteiger partial charge >= 0.3 is 0 Å². The monoisotopic (exact) mass is 478 g/mol. The first kappa shape index (κ1) is 16.5. The number of halogens is 1. The van der Waals surface area contributed by atoms with Crippen molar-refractivity contribution in [3.8, 4) is 31.3 Å². The Morgan fingerprint density at radius 2 is 1.00 bits per heavy atom. The number of hydrogen-bond donors (Lipinski definition) is 0. The van der Waals surface area contributed by atoms with Crippen molar-refractivity contribution in [2.75, 3.05) is 0 Å². The van der Waals surface area contributed by atoms with E-state index in [0.29, 0.717) is 0 Å². The lowest BCUT2D eigenvalue weighted by Crippen LogP contribution is -1.81. The molecule has 3 aromatic heterocycles. The summed E-state index contributed by atoms with van der Waals surface area (Å²) in [7, 11) is 0. The number of thiophene rings is 3. The molecule has 0 atom stereocenters. The molecule has 0 radical (unpaired) electrons. The summed E-state index contributed by atoms with van der Waals surface area (Å²) >= 11 is 7.98. The van der Waals surface area contributed by atoms with Gasteiger partial charge in [-0.15, -0.1) is 34.0 Å². The minimum atomic E-state index is 1.31.